The number of anilines is 1. The van der Waals surface area contributed by atoms with E-state index in [2.05, 4.69) is 84.3 Å². The van der Waals surface area contributed by atoms with Crippen molar-refractivity contribution < 1.29 is 4.74 Å². The van der Waals surface area contributed by atoms with Crippen molar-refractivity contribution in [1.29, 1.82) is 5.26 Å². The molecule has 2 aromatic carbocycles. The Bertz CT molecular complexity index is 1720. The lowest BCUT2D eigenvalue weighted by molar-refractivity contribution is 0.211. The standard InChI is InChI=1S/C32H28N8O/c33-18-26-10-15-35-32(37-26)36-25-12-16-39(17-13-25)20-22-6-8-23(9-7-22)29-30(24-4-2-1-3-5-24)40-21-41-28-11-14-34-19-27(28)31(40)38-29/h1-11,14-15,19,25H,12-13,16-17,20-21H2,(H,35,36,37). The molecule has 2 aliphatic rings. The Morgan fingerprint density at radius 3 is 2.56 bits per heavy atom. The highest BCUT2D eigenvalue weighted by Gasteiger charge is 2.26. The van der Waals surface area contributed by atoms with Crippen molar-refractivity contribution >= 4 is 5.95 Å². The van der Waals surface area contributed by atoms with E-state index >= 15 is 0 Å². The largest absolute Gasteiger partial charge is 0.472 e. The van der Waals surface area contributed by atoms with E-state index in [0.717, 1.165) is 72.1 Å². The molecule has 7 rings (SSSR count). The molecule has 0 unspecified atom stereocenters. The van der Waals surface area contributed by atoms with Crippen LogP contribution in [0.15, 0.2) is 85.3 Å². The Kier molecular flexibility index (Phi) is 6.59. The van der Waals surface area contributed by atoms with Crippen LogP contribution in [0.2, 0.25) is 0 Å². The zero-order valence-corrected chi connectivity index (χ0v) is 22.4. The van der Waals surface area contributed by atoms with E-state index in [-0.39, 0.29) is 0 Å². The first-order valence-corrected chi connectivity index (χ1v) is 13.8. The van der Waals surface area contributed by atoms with Crippen LogP contribution in [-0.4, -0.2) is 48.5 Å². The molecule has 0 saturated carbocycles. The first kappa shape index (κ1) is 24.9. The second-order valence-corrected chi connectivity index (χ2v) is 10.3. The van der Waals surface area contributed by atoms with E-state index in [1.54, 1.807) is 18.5 Å². The number of benzene rings is 2. The summed E-state index contributed by atoms with van der Waals surface area (Å²) in [4.78, 5) is 20.4. The van der Waals surface area contributed by atoms with Gasteiger partial charge in [0.05, 0.1) is 17.0 Å². The molecule has 1 N–H and O–H groups in total. The summed E-state index contributed by atoms with van der Waals surface area (Å²) in [6.07, 6.45) is 7.19. The number of imidazole rings is 1. The maximum atomic E-state index is 9.08. The van der Waals surface area contributed by atoms with Gasteiger partial charge in [-0.2, -0.15) is 5.26 Å². The lowest BCUT2D eigenvalue weighted by Gasteiger charge is -2.32. The summed E-state index contributed by atoms with van der Waals surface area (Å²) in [7, 11) is 0. The van der Waals surface area contributed by atoms with Gasteiger partial charge in [-0.05, 0) is 30.5 Å². The zero-order valence-electron chi connectivity index (χ0n) is 22.4. The molecule has 1 fully saturated rings. The quantitative estimate of drug-likeness (QED) is 0.307. The van der Waals surface area contributed by atoms with Crippen molar-refractivity contribution in [2.45, 2.75) is 32.2 Å². The SMILES string of the molecule is N#Cc1ccnc(NC2CCN(Cc3ccc(-c4nc5n(c4-c4ccccc4)COc4ccncc4-5)cc3)CC2)n1. The van der Waals surface area contributed by atoms with Gasteiger partial charge in [0.15, 0.2) is 6.73 Å². The van der Waals surface area contributed by atoms with Gasteiger partial charge in [0.1, 0.15) is 23.3 Å². The van der Waals surface area contributed by atoms with Gasteiger partial charge >= 0.3 is 0 Å². The highest BCUT2D eigenvalue weighted by molar-refractivity contribution is 5.83. The van der Waals surface area contributed by atoms with Crippen LogP contribution < -0.4 is 10.1 Å². The number of fused-ring (bicyclic) bond motifs is 3. The molecule has 0 amide bonds. The van der Waals surface area contributed by atoms with Gasteiger partial charge in [-0.25, -0.2) is 15.0 Å². The highest BCUT2D eigenvalue weighted by atomic mass is 16.5. The molecule has 0 spiro atoms. The normalized spacial score (nSPS) is 14.9. The fourth-order valence-corrected chi connectivity index (χ4v) is 5.62. The predicted molar refractivity (Wildman–Crippen MR) is 156 cm³/mol. The molecule has 0 bridgehead atoms. The van der Waals surface area contributed by atoms with Gasteiger partial charge in [-0.15, -0.1) is 0 Å². The number of piperidine rings is 1. The van der Waals surface area contributed by atoms with Crippen molar-refractivity contribution in [3.05, 3.63) is 96.6 Å². The number of aromatic nitrogens is 5. The number of nitrogens with zero attached hydrogens (tertiary/aromatic N) is 7. The lowest BCUT2D eigenvalue weighted by Crippen LogP contribution is -2.39. The zero-order chi connectivity index (χ0) is 27.6. The minimum atomic E-state index is 0.301. The molecular weight excluding hydrogens is 512 g/mol. The van der Waals surface area contributed by atoms with Gasteiger partial charge in [0, 0.05) is 55.4 Å². The predicted octanol–water partition coefficient (Wildman–Crippen LogP) is 5.37. The third kappa shape index (κ3) is 5.01. The van der Waals surface area contributed by atoms with Crippen LogP contribution in [-0.2, 0) is 13.3 Å². The summed E-state index contributed by atoms with van der Waals surface area (Å²) >= 11 is 0. The van der Waals surface area contributed by atoms with Gasteiger partial charge < -0.3 is 10.1 Å². The van der Waals surface area contributed by atoms with Crippen LogP contribution in [0.1, 0.15) is 24.1 Å². The minimum Gasteiger partial charge on any atom is -0.472 e. The third-order valence-corrected chi connectivity index (χ3v) is 7.71. The maximum Gasteiger partial charge on any atom is 0.224 e. The first-order valence-electron chi connectivity index (χ1n) is 13.8. The Hall–Kier alpha value is -5.07. The molecule has 2 aliphatic heterocycles. The van der Waals surface area contributed by atoms with Gasteiger partial charge in [-0.1, -0.05) is 54.6 Å². The molecule has 1 saturated heterocycles. The number of nitriles is 1. The Morgan fingerprint density at radius 1 is 0.927 bits per heavy atom. The molecule has 5 aromatic rings. The third-order valence-electron chi connectivity index (χ3n) is 7.71. The number of hydrogen-bond donors (Lipinski definition) is 1. The van der Waals surface area contributed by atoms with E-state index in [1.807, 2.05) is 18.3 Å². The Balaban J connectivity index is 1.08. The summed E-state index contributed by atoms with van der Waals surface area (Å²) < 4.78 is 8.21. The van der Waals surface area contributed by atoms with Crippen LogP contribution in [0.3, 0.4) is 0 Å². The minimum absolute atomic E-state index is 0.301. The van der Waals surface area contributed by atoms with E-state index in [4.69, 9.17) is 15.0 Å². The van der Waals surface area contributed by atoms with E-state index in [1.165, 1.54) is 5.56 Å². The topological polar surface area (TPSA) is 105 Å². The molecular formula is C32H28N8O. The molecule has 0 radical (unpaired) electrons. The monoisotopic (exact) mass is 540 g/mol. The number of nitrogens with one attached hydrogen (secondary N) is 1. The Morgan fingerprint density at radius 2 is 1.76 bits per heavy atom. The number of pyridine rings is 1. The average molecular weight is 541 g/mol. The molecule has 9 heteroatoms. The lowest BCUT2D eigenvalue weighted by atomic mass is 10.0. The maximum absolute atomic E-state index is 9.08. The molecule has 0 aliphatic carbocycles. The van der Waals surface area contributed by atoms with Crippen LogP contribution >= 0.6 is 0 Å². The summed E-state index contributed by atoms with van der Waals surface area (Å²) in [5, 5.41) is 12.5. The molecule has 3 aromatic heterocycles. The van der Waals surface area contributed by atoms with Gasteiger partial charge in [0.2, 0.25) is 5.95 Å². The highest BCUT2D eigenvalue weighted by Crippen LogP contribution is 2.41. The molecule has 0 atom stereocenters. The molecule has 41 heavy (non-hydrogen) atoms. The van der Waals surface area contributed by atoms with Crippen molar-refractivity contribution in [2.75, 3.05) is 18.4 Å². The summed E-state index contributed by atoms with van der Waals surface area (Å²) in [6.45, 7) is 3.27. The first-order chi connectivity index (χ1) is 20.2. The fraction of sp³-hybridized carbons (Fsp3) is 0.219. The van der Waals surface area contributed by atoms with Crippen LogP contribution in [0, 0.1) is 11.3 Å². The van der Waals surface area contributed by atoms with E-state index in [0.29, 0.717) is 24.4 Å². The number of hydrogen-bond acceptors (Lipinski definition) is 8. The summed E-state index contributed by atoms with van der Waals surface area (Å²) in [6, 6.07) is 25.0. The van der Waals surface area contributed by atoms with Crippen molar-refractivity contribution in [1.82, 2.24) is 29.4 Å². The van der Waals surface area contributed by atoms with E-state index < -0.39 is 0 Å². The van der Waals surface area contributed by atoms with Crippen molar-refractivity contribution in [3.63, 3.8) is 0 Å². The van der Waals surface area contributed by atoms with E-state index in [9.17, 15) is 0 Å². The average Bonchev–Trinajstić information content (AvgIpc) is 3.43. The second-order valence-electron chi connectivity index (χ2n) is 10.3. The van der Waals surface area contributed by atoms with Crippen molar-refractivity contribution in [3.8, 4) is 45.7 Å². The smallest absolute Gasteiger partial charge is 0.224 e. The van der Waals surface area contributed by atoms with Crippen molar-refractivity contribution in [2.24, 2.45) is 0 Å². The number of rotatable bonds is 6. The Labute approximate surface area is 238 Å². The number of ether oxygens (including phenoxy) is 1. The second kappa shape index (κ2) is 10.8. The van der Waals surface area contributed by atoms with Crippen LogP contribution in [0.25, 0.3) is 33.9 Å². The van der Waals surface area contributed by atoms with Gasteiger partial charge in [0.25, 0.3) is 0 Å². The molecule has 202 valence electrons. The molecule has 9 nitrogen and oxygen atoms in total. The molecule has 5 heterocycles. The fourth-order valence-electron chi connectivity index (χ4n) is 5.62. The summed E-state index contributed by atoms with van der Waals surface area (Å²) in [5.41, 5.74) is 6.71. The summed E-state index contributed by atoms with van der Waals surface area (Å²) in [5.74, 6) is 2.21. The number of likely N-dealkylation sites (tertiary alicyclic amines) is 1. The van der Waals surface area contributed by atoms with Gasteiger partial charge in [-0.3, -0.25) is 14.5 Å². The van der Waals surface area contributed by atoms with Crippen LogP contribution in [0.4, 0.5) is 5.95 Å². The van der Waals surface area contributed by atoms with Crippen LogP contribution in [0.5, 0.6) is 5.75 Å².